The third kappa shape index (κ3) is 45.7. The Morgan fingerprint density at radius 1 is 0.350 bits per heavy atom. The average molecular weight is 835 g/mol. The molecule has 0 N–H and O–H groups in total. The quantitative estimate of drug-likeness (QED) is 0.0263. The van der Waals surface area contributed by atoms with Gasteiger partial charge < -0.3 is 14.2 Å². The largest absolute Gasteiger partial charge is 0.462 e. The Bertz CT molecular complexity index is 1190. The lowest BCUT2D eigenvalue weighted by molar-refractivity contribution is -0.167. The smallest absolute Gasteiger partial charge is 0.306 e. The summed E-state index contributed by atoms with van der Waals surface area (Å²) in [6, 6.07) is 0. The van der Waals surface area contributed by atoms with E-state index in [1.165, 1.54) is 51.4 Å². The normalized spacial score (nSPS) is 12.8. The predicted molar refractivity (Wildman–Crippen MR) is 256 cm³/mol. The van der Waals surface area contributed by atoms with Crippen LogP contribution in [0.2, 0.25) is 0 Å². The first kappa shape index (κ1) is 56.6. The average Bonchev–Trinajstić information content (AvgIpc) is 3.24. The molecule has 60 heavy (non-hydrogen) atoms. The molecule has 0 saturated carbocycles. The van der Waals surface area contributed by atoms with Gasteiger partial charge in [0.25, 0.3) is 0 Å². The number of hydrogen-bond acceptors (Lipinski definition) is 6. The summed E-state index contributed by atoms with van der Waals surface area (Å²) in [5, 5.41) is 0. The number of esters is 3. The summed E-state index contributed by atoms with van der Waals surface area (Å²) < 4.78 is 16.7. The predicted octanol–water partition coefficient (Wildman–Crippen LogP) is 16.0. The Morgan fingerprint density at radius 2 is 0.683 bits per heavy atom. The van der Waals surface area contributed by atoms with Gasteiger partial charge in [-0.2, -0.15) is 0 Å². The molecule has 1 atom stereocenters. The Morgan fingerprint density at radius 3 is 1.10 bits per heavy atom. The van der Waals surface area contributed by atoms with Crippen molar-refractivity contribution in [2.24, 2.45) is 0 Å². The van der Waals surface area contributed by atoms with Gasteiger partial charge in [0, 0.05) is 19.3 Å². The molecule has 6 heteroatoms. The minimum atomic E-state index is -0.794. The zero-order valence-electron chi connectivity index (χ0n) is 38.9. The molecule has 1 unspecified atom stereocenters. The van der Waals surface area contributed by atoms with Crippen molar-refractivity contribution in [2.45, 2.75) is 226 Å². The summed E-state index contributed by atoms with van der Waals surface area (Å²) in [6.45, 7) is 6.39. The van der Waals surface area contributed by atoms with E-state index in [-0.39, 0.29) is 31.1 Å². The second-order valence-corrected chi connectivity index (χ2v) is 16.0. The molecule has 0 rings (SSSR count). The molecule has 0 aliphatic carbocycles. The second-order valence-electron chi connectivity index (χ2n) is 16.0. The Labute approximate surface area is 369 Å². The second kappa shape index (κ2) is 48.3. The van der Waals surface area contributed by atoms with Gasteiger partial charge >= 0.3 is 17.9 Å². The minimum Gasteiger partial charge on any atom is -0.462 e. The third-order valence-electron chi connectivity index (χ3n) is 10.1. The Kier molecular flexibility index (Phi) is 45.5. The molecule has 0 radical (unpaired) electrons. The molecule has 0 spiro atoms. The van der Waals surface area contributed by atoms with Gasteiger partial charge in [0.1, 0.15) is 13.2 Å². The van der Waals surface area contributed by atoms with Crippen LogP contribution in [-0.4, -0.2) is 37.2 Å². The van der Waals surface area contributed by atoms with Crippen molar-refractivity contribution in [3.05, 3.63) is 85.1 Å². The maximum atomic E-state index is 12.7. The fourth-order valence-corrected chi connectivity index (χ4v) is 6.45. The first-order chi connectivity index (χ1) is 29.5. The van der Waals surface area contributed by atoms with Gasteiger partial charge in [-0.15, -0.1) is 0 Å². The number of ether oxygens (including phenoxy) is 3. The molecule has 6 nitrogen and oxygen atoms in total. The van der Waals surface area contributed by atoms with Gasteiger partial charge in [-0.3, -0.25) is 14.4 Å². The summed E-state index contributed by atoms with van der Waals surface area (Å²) in [7, 11) is 0. The molecule has 0 aliphatic rings. The molecule has 0 amide bonds. The molecule has 0 aromatic carbocycles. The van der Waals surface area contributed by atoms with Crippen LogP contribution in [0.25, 0.3) is 0 Å². The van der Waals surface area contributed by atoms with E-state index in [2.05, 4.69) is 106 Å². The van der Waals surface area contributed by atoms with Crippen LogP contribution in [0.3, 0.4) is 0 Å². The highest BCUT2D eigenvalue weighted by Gasteiger charge is 2.19. The summed E-state index contributed by atoms with van der Waals surface area (Å²) in [5.41, 5.74) is 0. The molecular formula is C54H90O6. The molecular weight excluding hydrogens is 745 g/mol. The van der Waals surface area contributed by atoms with Crippen LogP contribution in [0.1, 0.15) is 220 Å². The zero-order chi connectivity index (χ0) is 43.7. The lowest BCUT2D eigenvalue weighted by Gasteiger charge is -2.18. The van der Waals surface area contributed by atoms with Crippen molar-refractivity contribution >= 4 is 17.9 Å². The van der Waals surface area contributed by atoms with E-state index in [0.717, 1.165) is 128 Å². The van der Waals surface area contributed by atoms with Crippen LogP contribution >= 0.6 is 0 Å². The molecule has 0 saturated heterocycles. The first-order valence-electron chi connectivity index (χ1n) is 24.6. The number of hydrogen-bond donors (Lipinski definition) is 0. The van der Waals surface area contributed by atoms with Crippen molar-refractivity contribution in [2.75, 3.05) is 13.2 Å². The van der Waals surface area contributed by atoms with Gasteiger partial charge in [-0.25, -0.2) is 0 Å². The Hall–Kier alpha value is -3.41. The molecule has 0 bridgehead atoms. The van der Waals surface area contributed by atoms with Crippen LogP contribution in [0.15, 0.2) is 85.1 Å². The van der Waals surface area contributed by atoms with Crippen molar-refractivity contribution in [1.29, 1.82) is 0 Å². The standard InChI is InChI=1S/C54H90O6/c1-4-7-10-13-16-19-22-24-25-26-27-28-29-31-32-35-38-41-44-47-53(56)59-50-51(49-58-52(55)46-43-40-37-34-21-18-15-12-9-6-3)60-54(57)48-45-42-39-36-33-30-23-20-17-14-11-8-5-2/h7,10-11,14,16,19-20,23-25,27-28,31-32,51H,4-6,8-9,12-13,15,17-18,21-22,26,29-30,33-50H2,1-3H3/b10-7-,14-11-,19-16-,23-20-,25-24-,28-27-,32-31-. The highest BCUT2D eigenvalue weighted by atomic mass is 16.6. The van der Waals surface area contributed by atoms with Crippen molar-refractivity contribution in [1.82, 2.24) is 0 Å². The molecule has 0 aromatic heterocycles. The zero-order valence-corrected chi connectivity index (χ0v) is 38.9. The molecule has 0 fully saturated rings. The van der Waals surface area contributed by atoms with Gasteiger partial charge in [0.15, 0.2) is 6.10 Å². The highest BCUT2D eigenvalue weighted by Crippen LogP contribution is 2.13. The van der Waals surface area contributed by atoms with Gasteiger partial charge in [-0.1, -0.05) is 196 Å². The van der Waals surface area contributed by atoms with E-state index in [9.17, 15) is 14.4 Å². The lowest BCUT2D eigenvalue weighted by atomic mass is 10.1. The number of carbonyl (C=O) groups excluding carboxylic acids is 3. The first-order valence-corrected chi connectivity index (χ1v) is 24.6. The number of allylic oxidation sites excluding steroid dienone is 14. The van der Waals surface area contributed by atoms with E-state index in [1.807, 2.05) is 0 Å². The van der Waals surface area contributed by atoms with Crippen LogP contribution in [0.5, 0.6) is 0 Å². The van der Waals surface area contributed by atoms with E-state index >= 15 is 0 Å². The van der Waals surface area contributed by atoms with Crippen LogP contribution < -0.4 is 0 Å². The van der Waals surface area contributed by atoms with Gasteiger partial charge in [-0.05, 0) is 89.9 Å². The number of rotatable bonds is 43. The monoisotopic (exact) mass is 835 g/mol. The molecule has 0 aliphatic heterocycles. The minimum absolute atomic E-state index is 0.0925. The number of unbranched alkanes of at least 4 members (excludes halogenated alkanes) is 18. The maximum absolute atomic E-state index is 12.7. The molecule has 0 aromatic rings. The molecule has 0 heterocycles. The van der Waals surface area contributed by atoms with E-state index in [4.69, 9.17) is 14.2 Å². The van der Waals surface area contributed by atoms with Gasteiger partial charge in [0.2, 0.25) is 0 Å². The third-order valence-corrected chi connectivity index (χ3v) is 10.1. The van der Waals surface area contributed by atoms with E-state index < -0.39 is 6.10 Å². The number of carbonyl (C=O) groups is 3. The summed E-state index contributed by atoms with van der Waals surface area (Å²) >= 11 is 0. The van der Waals surface area contributed by atoms with Crippen molar-refractivity contribution in [3.8, 4) is 0 Å². The lowest BCUT2D eigenvalue weighted by Crippen LogP contribution is -2.30. The van der Waals surface area contributed by atoms with Crippen LogP contribution in [-0.2, 0) is 28.6 Å². The summed E-state index contributed by atoms with van der Waals surface area (Å²) in [4.78, 5) is 37.8. The van der Waals surface area contributed by atoms with Gasteiger partial charge in [0.05, 0.1) is 0 Å². The fourth-order valence-electron chi connectivity index (χ4n) is 6.45. The topological polar surface area (TPSA) is 78.9 Å². The molecule has 342 valence electrons. The fraction of sp³-hybridized carbons (Fsp3) is 0.685. The Balaban J connectivity index is 4.43. The van der Waals surface area contributed by atoms with Crippen LogP contribution in [0, 0.1) is 0 Å². The SMILES string of the molecule is CC/C=C\C/C=C\C/C=C\C/C=C\C/C=C\CCCCCC(=O)OCC(COC(=O)CCCCCCCCCCCC)OC(=O)CCCCCCC/C=C\C/C=C\CCC. The maximum Gasteiger partial charge on any atom is 0.306 e. The van der Waals surface area contributed by atoms with Crippen molar-refractivity contribution in [3.63, 3.8) is 0 Å². The summed E-state index contributed by atoms with van der Waals surface area (Å²) in [5.74, 6) is -0.946. The van der Waals surface area contributed by atoms with E-state index in [0.29, 0.717) is 19.3 Å². The van der Waals surface area contributed by atoms with E-state index in [1.54, 1.807) is 0 Å². The van der Waals surface area contributed by atoms with Crippen molar-refractivity contribution < 1.29 is 28.6 Å². The highest BCUT2D eigenvalue weighted by molar-refractivity contribution is 5.71. The van der Waals surface area contributed by atoms with Crippen LogP contribution in [0.4, 0.5) is 0 Å². The summed E-state index contributed by atoms with van der Waals surface area (Å²) in [6.07, 6.45) is 61.3.